The first-order chi connectivity index (χ1) is 5.72. The first-order valence-corrected chi connectivity index (χ1v) is 4.03. The maximum absolute atomic E-state index is 5.48. The molecule has 0 saturated heterocycles. The normalized spacial score (nSPS) is 10.0. The number of aromatic nitrogens is 1. The van der Waals surface area contributed by atoms with Gasteiger partial charge in [-0.15, -0.1) is 0 Å². The first kappa shape index (κ1) is 8.84. The molecule has 1 rings (SSSR count). The zero-order valence-corrected chi connectivity index (χ0v) is 7.66. The molecule has 68 valence electrons. The fourth-order valence-corrected chi connectivity index (χ4v) is 0.893. The number of ether oxygens (including phenoxy) is 1. The molecule has 0 atom stereocenters. The molecule has 0 bridgehead atoms. The average molecular weight is 168 g/mol. The Balaban J connectivity index is 0.00000144. The van der Waals surface area contributed by atoms with Gasteiger partial charge < -0.3 is 10.1 Å². The molecule has 0 aliphatic heterocycles. The zero-order valence-electron chi connectivity index (χ0n) is 7.66. The van der Waals surface area contributed by atoms with Crippen molar-refractivity contribution >= 4 is 5.82 Å². The van der Waals surface area contributed by atoms with E-state index < -0.39 is 0 Å². The van der Waals surface area contributed by atoms with E-state index in [1.54, 1.807) is 6.20 Å². The van der Waals surface area contributed by atoms with Gasteiger partial charge in [-0.3, -0.25) is 0 Å². The van der Waals surface area contributed by atoms with E-state index in [1.165, 1.54) is 0 Å². The van der Waals surface area contributed by atoms with Crippen molar-refractivity contribution in [3.63, 3.8) is 0 Å². The second-order valence-corrected chi connectivity index (χ2v) is 2.79. The molecule has 0 radical (unpaired) electrons. The molecule has 0 aromatic carbocycles. The topological polar surface area (TPSA) is 34.1 Å². The molecule has 0 amide bonds. The molecular formula is C9H16N2O. The number of rotatable bonds is 3. The predicted octanol–water partition coefficient (Wildman–Crippen LogP) is 2.16. The van der Waals surface area contributed by atoms with Gasteiger partial charge in [0.15, 0.2) is 0 Å². The minimum absolute atomic E-state index is 0. The average Bonchev–Trinajstić information content (AvgIpc) is 2.03. The second kappa shape index (κ2) is 3.95. The lowest BCUT2D eigenvalue weighted by Crippen LogP contribution is -2.05. The second-order valence-electron chi connectivity index (χ2n) is 2.79. The molecule has 1 aromatic rings. The molecule has 12 heavy (non-hydrogen) atoms. The van der Waals surface area contributed by atoms with Crippen LogP contribution >= 0.6 is 0 Å². The van der Waals surface area contributed by atoms with Gasteiger partial charge in [0, 0.05) is 20.7 Å². The highest BCUT2D eigenvalue weighted by molar-refractivity contribution is 5.39. The fraction of sp³-hybridized carbons (Fsp3) is 0.444. The Bertz CT molecular complexity index is 253. The van der Waals surface area contributed by atoms with Crippen molar-refractivity contribution < 1.29 is 6.16 Å². The monoisotopic (exact) mass is 168 g/mol. The van der Waals surface area contributed by atoms with Crippen LogP contribution in [0.1, 0.15) is 15.3 Å². The Morgan fingerprint density at radius 3 is 2.92 bits per heavy atom. The lowest BCUT2D eigenvalue weighted by Gasteiger charge is -2.09. The fourth-order valence-electron chi connectivity index (χ4n) is 0.893. The van der Waals surface area contributed by atoms with Crippen molar-refractivity contribution in [2.45, 2.75) is 20.0 Å². The van der Waals surface area contributed by atoms with E-state index in [1.807, 2.05) is 33.0 Å². The van der Waals surface area contributed by atoms with Crippen molar-refractivity contribution in [3.8, 4) is 5.75 Å². The number of hydrogen-bond acceptors (Lipinski definition) is 3. The smallest absolute Gasteiger partial charge is 0.129 e. The summed E-state index contributed by atoms with van der Waals surface area (Å²) in [5.74, 6) is 1.68. The maximum atomic E-state index is 5.48. The first-order valence-electron chi connectivity index (χ1n) is 4.03. The van der Waals surface area contributed by atoms with Crippen LogP contribution in [0.3, 0.4) is 0 Å². The van der Waals surface area contributed by atoms with Crippen molar-refractivity contribution in [3.05, 3.63) is 18.3 Å². The molecule has 1 heterocycles. The molecule has 0 aliphatic rings. The van der Waals surface area contributed by atoms with Gasteiger partial charge in [-0.1, -0.05) is 0 Å². The van der Waals surface area contributed by atoms with Gasteiger partial charge >= 0.3 is 0 Å². The summed E-state index contributed by atoms with van der Waals surface area (Å²) >= 11 is 0. The summed E-state index contributed by atoms with van der Waals surface area (Å²) in [6.45, 7) is 4.00. The summed E-state index contributed by atoms with van der Waals surface area (Å²) in [7, 11) is 1.83. The van der Waals surface area contributed by atoms with Crippen LogP contribution in [0.4, 0.5) is 5.82 Å². The lowest BCUT2D eigenvalue weighted by molar-refractivity contribution is 0.242. The Labute approximate surface area is 74.3 Å². The molecule has 0 saturated carbocycles. The highest BCUT2D eigenvalue weighted by atomic mass is 16.5. The van der Waals surface area contributed by atoms with Gasteiger partial charge in [-0.2, -0.15) is 0 Å². The van der Waals surface area contributed by atoms with Crippen LogP contribution in [0.2, 0.25) is 0 Å². The standard InChI is InChI=1S/C9H14N2O.H2/c1-7(2)12-8-4-5-11-9(6-8)10-3;/h4-7H,1-3H3,(H,10,11);1H. The number of nitrogens with one attached hydrogen (secondary N) is 1. The SMILES string of the molecule is CNc1cc(OC(C)C)ccn1.[HH]. The molecular weight excluding hydrogens is 152 g/mol. The summed E-state index contributed by atoms with van der Waals surface area (Å²) in [6.07, 6.45) is 1.93. The van der Waals surface area contributed by atoms with Crippen LogP contribution in [0.5, 0.6) is 5.75 Å². The number of pyridine rings is 1. The van der Waals surface area contributed by atoms with E-state index in [0.717, 1.165) is 11.6 Å². The minimum Gasteiger partial charge on any atom is -0.491 e. The molecule has 3 heteroatoms. The van der Waals surface area contributed by atoms with Gasteiger partial charge in [0.1, 0.15) is 11.6 Å². The third kappa shape index (κ3) is 2.42. The summed E-state index contributed by atoms with van der Waals surface area (Å²) in [5.41, 5.74) is 0. The van der Waals surface area contributed by atoms with Crippen molar-refractivity contribution in [1.29, 1.82) is 0 Å². The summed E-state index contributed by atoms with van der Waals surface area (Å²) in [4.78, 5) is 4.07. The van der Waals surface area contributed by atoms with E-state index in [9.17, 15) is 0 Å². The van der Waals surface area contributed by atoms with Gasteiger partial charge in [-0.25, -0.2) is 4.98 Å². The predicted molar refractivity (Wildman–Crippen MR) is 51.7 cm³/mol. The highest BCUT2D eigenvalue weighted by Gasteiger charge is 1.97. The lowest BCUT2D eigenvalue weighted by atomic mass is 10.4. The molecule has 0 aliphatic carbocycles. The van der Waals surface area contributed by atoms with E-state index in [2.05, 4.69) is 10.3 Å². The van der Waals surface area contributed by atoms with Gasteiger partial charge in [-0.05, 0) is 19.9 Å². The van der Waals surface area contributed by atoms with Crippen LogP contribution in [-0.2, 0) is 0 Å². The van der Waals surface area contributed by atoms with E-state index in [-0.39, 0.29) is 7.53 Å². The van der Waals surface area contributed by atoms with Crippen LogP contribution in [0.15, 0.2) is 18.3 Å². The quantitative estimate of drug-likeness (QED) is 0.751. The highest BCUT2D eigenvalue weighted by Crippen LogP contribution is 2.14. The summed E-state index contributed by atoms with van der Waals surface area (Å²) < 4.78 is 5.48. The molecule has 3 nitrogen and oxygen atoms in total. The number of anilines is 1. The number of hydrogen-bond donors (Lipinski definition) is 1. The largest absolute Gasteiger partial charge is 0.491 e. The maximum Gasteiger partial charge on any atom is 0.129 e. The van der Waals surface area contributed by atoms with Gasteiger partial charge in [0.05, 0.1) is 6.10 Å². The van der Waals surface area contributed by atoms with Crippen LogP contribution in [0.25, 0.3) is 0 Å². The molecule has 0 fully saturated rings. The Kier molecular flexibility index (Phi) is 2.91. The Morgan fingerprint density at radius 2 is 2.33 bits per heavy atom. The van der Waals surface area contributed by atoms with E-state index in [0.29, 0.717) is 0 Å². The van der Waals surface area contributed by atoms with Gasteiger partial charge in [0.25, 0.3) is 0 Å². The van der Waals surface area contributed by atoms with E-state index >= 15 is 0 Å². The third-order valence-corrected chi connectivity index (χ3v) is 1.36. The van der Waals surface area contributed by atoms with Gasteiger partial charge in [0.2, 0.25) is 0 Å². The third-order valence-electron chi connectivity index (χ3n) is 1.36. The summed E-state index contributed by atoms with van der Waals surface area (Å²) in [6, 6.07) is 3.72. The number of nitrogens with zero attached hydrogens (tertiary/aromatic N) is 1. The van der Waals surface area contributed by atoms with Crippen LogP contribution < -0.4 is 10.1 Å². The molecule has 0 spiro atoms. The minimum atomic E-state index is 0. The van der Waals surface area contributed by atoms with Crippen molar-refractivity contribution in [2.75, 3.05) is 12.4 Å². The zero-order chi connectivity index (χ0) is 8.97. The van der Waals surface area contributed by atoms with Crippen LogP contribution in [-0.4, -0.2) is 18.1 Å². The van der Waals surface area contributed by atoms with Crippen LogP contribution in [0, 0.1) is 0 Å². The molecule has 0 unspecified atom stereocenters. The summed E-state index contributed by atoms with van der Waals surface area (Å²) in [5, 5.41) is 2.95. The van der Waals surface area contributed by atoms with E-state index in [4.69, 9.17) is 4.74 Å². The van der Waals surface area contributed by atoms with Crippen molar-refractivity contribution in [1.82, 2.24) is 4.98 Å². The molecule has 1 aromatic heterocycles. The Morgan fingerprint density at radius 1 is 1.58 bits per heavy atom. The Hall–Kier alpha value is -1.25. The molecule has 1 N–H and O–H groups in total. The van der Waals surface area contributed by atoms with Crippen molar-refractivity contribution in [2.24, 2.45) is 0 Å².